The fraction of sp³-hybridized carbons (Fsp3) is 0.462. The van der Waals surface area contributed by atoms with E-state index in [1.165, 1.54) is 25.7 Å². The number of hydrogen-bond donors (Lipinski definition) is 1. The summed E-state index contributed by atoms with van der Waals surface area (Å²) >= 11 is 6.05. The van der Waals surface area contributed by atoms with E-state index >= 15 is 0 Å². The van der Waals surface area contributed by atoms with Gasteiger partial charge in [-0.3, -0.25) is 0 Å². The van der Waals surface area contributed by atoms with Crippen LogP contribution in [0.25, 0.3) is 0 Å². The molecule has 0 bridgehead atoms. The van der Waals surface area contributed by atoms with Crippen LogP contribution in [0.4, 0.5) is 5.69 Å². The number of nitrogens with zero attached hydrogens (tertiary/aromatic N) is 1. The Morgan fingerprint density at radius 2 is 2.06 bits per heavy atom. The molecule has 2 nitrogen and oxygen atoms in total. The first kappa shape index (κ1) is 11.5. The van der Waals surface area contributed by atoms with Gasteiger partial charge in [-0.05, 0) is 37.5 Å². The molecule has 0 aliphatic heterocycles. The number of aliphatic imine (C=N–C) groups is 1. The van der Waals surface area contributed by atoms with Crippen LogP contribution in [-0.2, 0) is 0 Å². The molecule has 16 heavy (non-hydrogen) atoms. The molecule has 1 saturated carbocycles. The number of nitrogens with two attached hydrogens (primary N) is 1. The molecule has 1 fully saturated rings. The molecule has 1 aromatic carbocycles. The molecule has 0 unspecified atom stereocenters. The topological polar surface area (TPSA) is 38.4 Å². The van der Waals surface area contributed by atoms with Crippen molar-refractivity contribution in [2.75, 3.05) is 0 Å². The minimum absolute atomic E-state index is 0.471. The third kappa shape index (κ3) is 2.38. The van der Waals surface area contributed by atoms with Gasteiger partial charge in [-0.2, -0.15) is 0 Å². The van der Waals surface area contributed by atoms with Crippen molar-refractivity contribution in [3.63, 3.8) is 0 Å². The van der Waals surface area contributed by atoms with Crippen LogP contribution in [0.15, 0.2) is 23.2 Å². The molecule has 0 spiro atoms. The first-order chi connectivity index (χ1) is 7.68. The summed E-state index contributed by atoms with van der Waals surface area (Å²) in [5.74, 6) is 1.24. The lowest BCUT2D eigenvalue weighted by Gasteiger charge is -2.09. The van der Waals surface area contributed by atoms with Crippen molar-refractivity contribution in [1.82, 2.24) is 0 Å². The van der Waals surface area contributed by atoms with Crippen LogP contribution in [0.1, 0.15) is 31.2 Å². The van der Waals surface area contributed by atoms with Gasteiger partial charge in [-0.25, -0.2) is 4.99 Å². The highest BCUT2D eigenvalue weighted by atomic mass is 35.5. The second kappa shape index (κ2) is 4.88. The van der Waals surface area contributed by atoms with Gasteiger partial charge in [-0.1, -0.05) is 30.5 Å². The molecular weight excluding hydrogens is 220 g/mol. The molecule has 0 aromatic heterocycles. The zero-order valence-electron chi connectivity index (χ0n) is 9.54. The predicted octanol–water partition coefficient (Wildman–Crippen LogP) is 3.83. The highest BCUT2D eigenvalue weighted by Crippen LogP contribution is 2.29. The van der Waals surface area contributed by atoms with Crippen LogP contribution in [0.5, 0.6) is 0 Å². The van der Waals surface area contributed by atoms with Crippen molar-refractivity contribution in [1.29, 1.82) is 0 Å². The molecule has 0 atom stereocenters. The third-order valence-corrected chi connectivity index (χ3v) is 3.67. The van der Waals surface area contributed by atoms with E-state index in [9.17, 15) is 0 Å². The van der Waals surface area contributed by atoms with Gasteiger partial charge in [0.25, 0.3) is 0 Å². The lowest BCUT2D eigenvalue weighted by molar-refractivity contribution is 0.722. The van der Waals surface area contributed by atoms with Gasteiger partial charge < -0.3 is 5.73 Å². The average molecular weight is 237 g/mol. The second-order valence-electron chi connectivity index (χ2n) is 4.40. The van der Waals surface area contributed by atoms with E-state index < -0.39 is 0 Å². The maximum absolute atomic E-state index is 6.05. The van der Waals surface area contributed by atoms with Crippen molar-refractivity contribution in [2.45, 2.75) is 32.6 Å². The molecule has 0 radical (unpaired) electrons. The summed E-state index contributed by atoms with van der Waals surface area (Å²) in [7, 11) is 0. The summed E-state index contributed by atoms with van der Waals surface area (Å²) in [6, 6.07) is 5.75. The molecule has 2 rings (SSSR count). The van der Waals surface area contributed by atoms with E-state index in [0.29, 0.717) is 5.92 Å². The van der Waals surface area contributed by atoms with E-state index in [-0.39, 0.29) is 0 Å². The van der Waals surface area contributed by atoms with Crippen molar-refractivity contribution in [3.8, 4) is 0 Å². The lowest BCUT2D eigenvalue weighted by atomic mass is 10.1. The molecular formula is C13H17ClN2. The van der Waals surface area contributed by atoms with Gasteiger partial charge in [0.15, 0.2) is 0 Å². The Bertz CT molecular complexity index is 406. The number of amidine groups is 1. The molecule has 1 aliphatic carbocycles. The fourth-order valence-corrected chi connectivity index (χ4v) is 2.34. The van der Waals surface area contributed by atoms with E-state index in [4.69, 9.17) is 17.3 Å². The van der Waals surface area contributed by atoms with E-state index in [1.54, 1.807) is 0 Å². The van der Waals surface area contributed by atoms with Crippen LogP contribution >= 0.6 is 11.6 Å². The van der Waals surface area contributed by atoms with E-state index in [1.807, 2.05) is 25.1 Å². The van der Waals surface area contributed by atoms with Crippen LogP contribution in [-0.4, -0.2) is 5.84 Å². The highest BCUT2D eigenvalue weighted by Gasteiger charge is 2.18. The van der Waals surface area contributed by atoms with Gasteiger partial charge in [0.2, 0.25) is 0 Å². The minimum Gasteiger partial charge on any atom is -0.387 e. The Labute approximate surface area is 102 Å². The van der Waals surface area contributed by atoms with Crippen LogP contribution in [0.2, 0.25) is 5.02 Å². The standard InChI is InChI=1S/C13H17ClN2/c1-9-11(14)7-4-8-12(9)16-13(15)10-5-2-3-6-10/h4,7-8,10H,2-3,5-6H2,1H3,(H2,15,16). The molecule has 2 N–H and O–H groups in total. The van der Waals surface area contributed by atoms with Crippen LogP contribution < -0.4 is 5.73 Å². The molecule has 86 valence electrons. The first-order valence-electron chi connectivity index (χ1n) is 5.77. The van der Waals surface area contributed by atoms with E-state index in [2.05, 4.69) is 4.99 Å². The smallest absolute Gasteiger partial charge is 0.103 e. The van der Waals surface area contributed by atoms with Crippen molar-refractivity contribution in [2.24, 2.45) is 16.6 Å². The summed E-state index contributed by atoms with van der Waals surface area (Å²) in [5.41, 5.74) is 7.94. The first-order valence-corrected chi connectivity index (χ1v) is 6.15. The van der Waals surface area contributed by atoms with Crippen molar-refractivity contribution in [3.05, 3.63) is 28.8 Å². The van der Waals surface area contributed by atoms with Gasteiger partial charge in [0.1, 0.15) is 5.84 Å². The summed E-state index contributed by atoms with van der Waals surface area (Å²) < 4.78 is 0. The Morgan fingerprint density at radius 3 is 2.75 bits per heavy atom. The quantitative estimate of drug-likeness (QED) is 0.615. The van der Waals surface area contributed by atoms with E-state index in [0.717, 1.165) is 22.1 Å². The predicted molar refractivity (Wildman–Crippen MR) is 69.4 cm³/mol. The van der Waals surface area contributed by atoms with Crippen molar-refractivity contribution < 1.29 is 0 Å². The maximum Gasteiger partial charge on any atom is 0.103 e. The summed E-state index contributed by atoms with van der Waals surface area (Å²) in [6.45, 7) is 1.98. The summed E-state index contributed by atoms with van der Waals surface area (Å²) in [5, 5.41) is 0.750. The molecule has 0 amide bonds. The maximum atomic E-state index is 6.05. The Morgan fingerprint density at radius 1 is 1.38 bits per heavy atom. The highest BCUT2D eigenvalue weighted by molar-refractivity contribution is 6.31. The summed E-state index contributed by atoms with van der Waals surface area (Å²) in [4.78, 5) is 4.51. The summed E-state index contributed by atoms with van der Waals surface area (Å²) in [6.07, 6.45) is 4.90. The molecule has 3 heteroatoms. The van der Waals surface area contributed by atoms with Gasteiger partial charge >= 0.3 is 0 Å². The number of hydrogen-bond acceptors (Lipinski definition) is 1. The molecule has 0 heterocycles. The minimum atomic E-state index is 0.471. The second-order valence-corrected chi connectivity index (χ2v) is 4.81. The van der Waals surface area contributed by atoms with Gasteiger partial charge in [-0.15, -0.1) is 0 Å². The third-order valence-electron chi connectivity index (χ3n) is 3.26. The Balaban J connectivity index is 2.24. The number of benzene rings is 1. The monoisotopic (exact) mass is 236 g/mol. The molecule has 1 aliphatic rings. The largest absolute Gasteiger partial charge is 0.387 e. The zero-order valence-corrected chi connectivity index (χ0v) is 10.3. The Hall–Kier alpha value is -1.02. The normalized spacial score (nSPS) is 18.0. The average Bonchev–Trinajstić information content (AvgIpc) is 2.78. The fourth-order valence-electron chi connectivity index (χ4n) is 2.17. The van der Waals surface area contributed by atoms with Crippen molar-refractivity contribution >= 4 is 23.1 Å². The SMILES string of the molecule is Cc1c(Cl)cccc1N=C(N)C1CCCC1. The number of halogens is 1. The zero-order chi connectivity index (χ0) is 11.5. The molecule has 0 saturated heterocycles. The van der Waals surface area contributed by atoms with Gasteiger partial charge in [0, 0.05) is 10.9 Å². The Kier molecular flexibility index (Phi) is 3.49. The molecule has 1 aromatic rings. The van der Waals surface area contributed by atoms with Crippen LogP contribution in [0.3, 0.4) is 0 Å². The van der Waals surface area contributed by atoms with Crippen LogP contribution in [0, 0.1) is 12.8 Å². The van der Waals surface area contributed by atoms with Gasteiger partial charge in [0.05, 0.1) is 5.69 Å². The number of rotatable bonds is 2. The lowest BCUT2D eigenvalue weighted by Crippen LogP contribution is -2.20.